The van der Waals surface area contributed by atoms with Crippen LogP contribution in [0.3, 0.4) is 0 Å². The predicted molar refractivity (Wildman–Crippen MR) is 137 cm³/mol. The molecule has 9 heteroatoms. The number of terminal acetylenes is 1. The molecule has 0 unspecified atom stereocenters. The standard InChI is InChI=1S/C31H19F5O4/c1-4-5-6-7-8-28(31(34,35)36)40-30(38)25-16-14-23(18-27(25)33)21-11-9-20(10-12-21)22-13-15-24(26(32)17-22)29(37)39-19(2)3/h1,9-19,28H,2-3H3/t28-/m0/s1. The topological polar surface area (TPSA) is 52.6 Å². The van der Waals surface area contributed by atoms with E-state index in [-0.39, 0.29) is 5.56 Å². The molecule has 0 bridgehead atoms. The molecular weight excluding hydrogens is 531 g/mol. The number of hydrogen-bond donors (Lipinski definition) is 0. The van der Waals surface area contributed by atoms with Crippen molar-refractivity contribution in [2.45, 2.75) is 32.2 Å². The zero-order chi connectivity index (χ0) is 29.4. The molecule has 3 rings (SSSR count). The lowest BCUT2D eigenvalue weighted by atomic mass is 9.98. The van der Waals surface area contributed by atoms with Crippen LogP contribution in [0.15, 0.2) is 60.7 Å². The van der Waals surface area contributed by atoms with E-state index < -0.39 is 47.5 Å². The van der Waals surface area contributed by atoms with Gasteiger partial charge in [-0.1, -0.05) is 36.4 Å². The summed E-state index contributed by atoms with van der Waals surface area (Å²) in [6.07, 6.45) is -3.42. The first-order chi connectivity index (χ1) is 18.9. The van der Waals surface area contributed by atoms with Crippen LogP contribution in [0.5, 0.6) is 0 Å². The van der Waals surface area contributed by atoms with Gasteiger partial charge >= 0.3 is 18.1 Å². The summed E-state index contributed by atoms with van der Waals surface area (Å²) in [5.41, 5.74) is 0.967. The Balaban J connectivity index is 1.78. The summed E-state index contributed by atoms with van der Waals surface area (Å²) in [6.45, 7) is 3.30. The maximum Gasteiger partial charge on any atom is 0.437 e. The number of esters is 2. The van der Waals surface area contributed by atoms with Gasteiger partial charge < -0.3 is 9.47 Å². The van der Waals surface area contributed by atoms with E-state index in [4.69, 9.17) is 11.2 Å². The van der Waals surface area contributed by atoms with E-state index in [1.165, 1.54) is 18.2 Å². The lowest BCUT2D eigenvalue weighted by Gasteiger charge is -2.16. The molecule has 0 amide bonds. The number of hydrogen-bond acceptors (Lipinski definition) is 4. The van der Waals surface area contributed by atoms with Crippen molar-refractivity contribution in [2.24, 2.45) is 0 Å². The Morgan fingerprint density at radius 3 is 1.57 bits per heavy atom. The normalized spacial score (nSPS) is 11.3. The fraction of sp³-hybridized carbons (Fsp3) is 0.161. The molecule has 0 saturated heterocycles. The minimum absolute atomic E-state index is 0.200. The van der Waals surface area contributed by atoms with Gasteiger partial charge in [0, 0.05) is 0 Å². The Morgan fingerprint density at radius 2 is 1.18 bits per heavy atom. The van der Waals surface area contributed by atoms with E-state index >= 15 is 0 Å². The van der Waals surface area contributed by atoms with Crippen LogP contribution in [0, 0.1) is 47.7 Å². The maximum absolute atomic E-state index is 14.7. The van der Waals surface area contributed by atoms with Crippen molar-refractivity contribution < 1.29 is 41.0 Å². The molecular formula is C31H19F5O4. The Hall–Kier alpha value is -5.07. The quantitative estimate of drug-likeness (QED) is 0.197. The monoisotopic (exact) mass is 550 g/mol. The molecule has 0 aromatic heterocycles. The van der Waals surface area contributed by atoms with Crippen LogP contribution in [-0.4, -0.2) is 30.3 Å². The average molecular weight is 550 g/mol. The van der Waals surface area contributed by atoms with Crippen molar-refractivity contribution in [3.8, 4) is 58.3 Å². The van der Waals surface area contributed by atoms with Crippen LogP contribution in [0.1, 0.15) is 34.6 Å². The summed E-state index contributed by atoms with van der Waals surface area (Å²) in [4.78, 5) is 24.2. The molecule has 0 heterocycles. The number of ether oxygens (including phenoxy) is 2. The second-order valence-electron chi connectivity index (χ2n) is 8.41. The molecule has 0 N–H and O–H groups in total. The highest BCUT2D eigenvalue weighted by Crippen LogP contribution is 2.29. The summed E-state index contributed by atoms with van der Waals surface area (Å²) in [5.74, 6) is 5.10. The second kappa shape index (κ2) is 12.7. The van der Waals surface area contributed by atoms with Crippen LogP contribution in [0.4, 0.5) is 22.0 Å². The third-order valence-electron chi connectivity index (χ3n) is 5.19. The molecule has 0 aliphatic rings. The minimum Gasteiger partial charge on any atom is -0.459 e. The maximum atomic E-state index is 14.7. The summed E-state index contributed by atoms with van der Waals surface area (Å²) < 4.78 is 78.1. The number of rotatable bonds is 6. The lowest BCUT2D eigenvalue weighted by Crippen LogP contribution is -2.32. The highest BCUT2D eigenvalue weighted by molar-refractivity contribution is 5.91. The van der Waals surface area contributed by atoms with Gasteiger partial charge in [-0.3, -0.25) is 0 Å². The number of halogens is 5. The van der Waals surface area contributed by atoms with E-state index in [1.54, 1.807) is 50.1 Å². The average Bonchev–Trinajstić information content (AvgIpc) is 2.89. The van der Waals surface area contributed by atoms with Crippen molar-refractivity contribution in [3.63, 3.8) is 0 Å². The molecule has 3 aromatic rings. The Labute approximate surface area is 227 Å². The minimum atomic E-state index is -5.04. The third kappa shape index (κ3) is 7.49. The Morgan fingerprint density at radius 1 is 0.725 bits per heavy atom. The van der Waals surface area contributed by atoms with Crippen LogP contribution in [0.25, 0.3) is 22.3 Å². The van der Waals surface area contributed by atoms with E-state index in [1.807, 2.05) is 23.7 Å². The molecule has 0 aliphatic heterocycles. The van der Waals surface area contributed by atoms with Crippen LogP contribution in [0.2, 0.25) is 0 Å². The SMILES string of the molecule is C#CC#CC#C[C@H](OC(=O)c1ccc(-c2ccc(-c3ccc(C(=O)OC(C)C)c(F)c3)cc2)cc1F)C(F)(F)F. The highest BCUT2D eigenvalue weighted by atomic mass is 19.4. The van der Waals surface area contributed by atoms with Crippen LogP contribution in [-0.2, 0) is 9.47 Å². The molecule has 0 spiro atoms. The Kier molecular flexibility index (Phi) is 9.33. The summed E-state index contributed by atoms with van der Waals surface area (Å²) >= 11 is 0. The Bertz CT molecular complexity index is 1590. The van der Waals surface area contributed by atoms with Gasteiger partial charge in [0.25, 0.3) is 6.10 Å². The second-order valence-corrected chi connectivity index (χ2v) is 8.41. The third-order valence-corrected chi connectivity index (χ3v) is 5.19. The van der Waals surface area contributed by atoms with Gasteiger partial charge in [0.05, 0.1) is 17.2 Å². The molecule has 0 fully saturated rings. The smallest absolute Gasteiger partial charge is 0.437 e. The predicted octanol–water partition coefficient (Wildman–Crippen LogP) is 6.59. The van der Waals surface area contributed by atoms with Gasteiger partial charge in [0.1, 0.15) is 11.6 Å². The molecule has 3 aromatic carbocycles. The van der Waals surface area contributed by atoms with Gasteiger partial charge in [0.15, 0.2) is 0 Å². The molecule has 0 aliphatic carbocycles. The van der Waals surface area contributed by atoms with Gasteiger partial charge in [-0.2, -0.15) is 13.2 Å². The lowest BCUT2D eigenvalue weighted by molar-refractivity contribution is -0.185. The largest absolute Gasteiger partial charge is 0.459 e. The molecule has 40 heavy (non-hydrogen) atoms. The van der Waals surface area contributed by atoms with Crippen molar-refractivity contribution in [2.75, 3.05) is 0 Å². The zero-order valence-electron chi connectivity index (χ0n) is 21.0. The number of carbonyl (C=O) groups is 2. The fourth-order valence-corrected chi connectivity index (χ4v) is 3.37. The van der Waals surface area contributed by atoms with Crippen molar-refractivity contribution in [1.29, 1.82) is 0 Å². The van der Waals surface area contributed by atoms with E-state index in [2.05, 4.69) is 4.74 Å². The summed E-state index contributed by atoms with van der Waals surface area (Å²) in [7, 11) is 0. The van der Waals surface area contributed by atoms with Crippen molar-refractivity contribution >= 4 is 11.9 Å². The summed E-state index contributed by atoms with van der Waals surface area (Å²) in [5, 5.41) is 0. The van der Waals surface area contributed by atoms with Gasteiger partial charge in [-0.25, -0.2) is 18.4 Å². The zero-order valence-corrected chi connectivity index (χ0v) is 21.0. The van der Waals surface area contributed by atoms with Gasteiger partial charge in [-0.05, 0) is 90.0 Å². The molecule has 4 nitrogen and oxygen atoms in total. The van der Waals surface area contributed by atoms with E-state index in [0.717, 1.165) is 12.1 Å². The summed E-state index contributed by atoms with van der Waals surface area (Å²) in [6, 6.07) is 13.8. The highest BCUT2D eigenvalue weighted by Gasteiger charge is 2.42. The molecule has 0 saturated carbocycles. The molecule has 0 radical (unpaired) electrons. The van der Waals surface area contributed by atoms with Crippen molar-refractivity contribution in [3.05, 3.63) is 83.4 Å². The van der Waals surface area contributed by atoms with Gasteiger partial charge in [-0.15, -0.1) is 6.42 Å². The number of benzene rings is 3. The van der Waals surface area contributed by atoms with E-state index in [9.17, 15) is 31.5 Å². The van der Waals surface area contributed by atoms with Crippen LogP contribution < -0.4 is 0 Å². The van der Waals surface area contributed by atoms with Crippen LogP contribution >= 0.6 is 0 Å². The molecule has 202 valence electrons. The first-order valence-electron chi connectivity index (χ1n) is 11.6. The molecule has 1 atom stereocenters. The number of alkyl halides is 3. The first-order valence-corrected chi connectivity index (χ1v) is 11.6. The van der Waals surface area contributed by atoms with Gasteiger partial charge in [0.2, 0.25) is 0 Å². The first kappa shape index (κ1) is 29.5. The fourth-order valence-electron chi connectivity index (χ4n) is 3.37. The van der Waals surface area contributed by atoms with Crippen molar-refractivity contribution in [1.82, 2.24) is 0 Å². The number of carbonyl (C=O) groups excluding carboxylic acids is 2. The van der Waals surface area contributed by atoms with E-state index in [0.29, 0.717) is 22.3 Å².